The number of hydrogen-bond acceptors (Lipinski definition) is 4. The standard InChI is InChI=1S/C18H20N2O4S/c1-14-8-9-16(12-17(14)20-10-5-11-25(20,22)23)19-18(21)24-13-15-6-3-2-4-7-15/h2-4,6-9,12H,5,10-11,13H2,1H3,(H,19,21). The van der Waals surface area contributed by atoms with Crippen LogP contribution >= 0.6 is 0 Å². The van der Waals surface area contributed by atoms with Crippen LogP contribution in [0.4, 0.5) is 16.2 Å². The zero-order valence-corrected chi connectivity index (χ0v) is 14.8. The summed E-state index contributed by atoms with van der Waals surface area (Å²) in [5.41, 5.74) is 2.83. The molecule has 1 aliphatic rings. The molecule has 6 nitrogen and oxygen atoms in total. The van der Waals surface area contributed by atoms with Gasteiger partial charge in [0.25, 0.3) is 0 Å². The fourth-order valence-corrected chi connectivity index (χ4v) is 4.36. The number of carbonyl (C=O) groups excluding carboxylic acids is 1. The number of ether oxygens (including phenoxy) is 1. The van der Waals surface area contributed by atoms with Crippen molar-refractivity contribution in [1.29, 1.82) is 0 Å². The second-order valence-electron chi connectivity index (χ2n) is 5.93. The van der Waals surface area contributed by atoms with Crippen molar-refractivity contribution in [3.8, 4) is 0 Å². The first-order chi connectivity index (χ1) is 12.0. The summed E-state index contributed by atoms with van der Waals surface area (Å²) in [7, 11) is -3.26. The molecule has 0 unspecified atom stereocenters. The summed E-state index contributed by atoms with van der Waals surface area (Å²) in [6.07, 6.45) is 0.0291. The van der Waals surface area contributed by atoms with E-state index in [-0.39, 0.29) is 12.4 Å². The van der Waals surface area contributed by atoms with Gasteiger partial charge in [-0.3, -0.25) is 9.62 Å². The Labute approximate surface area is 147 Å². The Hall–Kier alpha value is -2.54. The molecule has 0 spiro atoms. The van der Waals surface area contributed by atoms with Gasteiger partial charge in [0, 0.05) is 12.2 Å². The molecule has 1 saturated heterocycles. The van der Waals surface area contributed by atoms with E-state index in [0.29, 0.717) is 24.3 Å². The minimum absolute atomic E-state index is 0.156. The summed E-state index contributed by atoms with van der Waals surface area (Å²) in [6.45, 7) is 2.48. The van der Waals surface area contributed by atoms with E-state index < -0.39 is 16.1 Å². The van der Waals surface area contributed by atoms with Crippen LogP contribution in [0.25, 0.3) is 0 Å². The first kappa shape index (κ1) is 17.3. The van der Waals surface area contributed by atoms with E-state index in [1.54, 1.807) is 18.2 Å². The number of hydrogen-bond donors (Lipinski definition) is 1. The number of carbonyl (C=O) groups is 1. The smallest absolute Gasteiger partial charge is 0.411 e. The number of anilines is 2. The fourth-order valence-electron chi connectivity index (χ4n) is 2.74. The SMILES string of the molecule is Cc1ccc(NC(=O)OCc2ccccc2)cc1N1CCCS1(=O)=O. The molecule has 2 aromatic rings. The maximum atomic E-state index is 12.1. The number of benzene rings is 2. The highest BCUT2D eigenvalue weighted by Gasteiger charge is 2.29. The van der Waals surface area contributed by atoms with Crippen molar-refractivity contribution in [2.45, 2.75) is 20.0 Å². The van der Waals surface area contributed by atoms with Gasteiger partial charge in [-0.15, -0.1) is 0 Å². The maximum Gasteiger partial charge on any atom is 0.411 e. The molecule has 3 rings (SSSR count). The van der Waals surface area contributed by atoms with Crippen molar-refractivity contribution in [2.24, 2.45) is 0 Å². The van der Waals surface area contributed by atoms with E-state index in [2.05, 4.69) is 5.32 Å². The Morgan fingerprint density at radius 3 is 2.64 bits per heavy atom. The van der Waals surface area contributed by atoms with Gasteiger partial charge in [-0.05, 0) is 36.6 Å². The lowest BCUT2D eigenvalue weighted by atomic mass is 10.1. The molecule has 0 atom stereocenters. The van der Waals surface area contributed by atoms with Gasteiger partial charge in [-0.1, -0.05) is 36.4 Å². The topological polar surface area (TPSA) is 75.7 Å². The highest BCUT2D eigenvalue weighted by molar-refractivity contribution is 7.93. The molecule has 1 fully saturated rings. The second-order valence-corrected chi connectivity index (χ2v) is 7.94. The van der Waals surface area contributed by atoms with Crippen LogP contribution in [0.1, 0.15) is 17.5 Å². The summed E-state index contributed by atoms with van der Waals surface area (Å²) >= 11 is 0. The summed E-state index contributed by atoms with van der Waals surface area (Å²) in [4.78, 5) is 12.0. The molecule has 0 radical (unpaired) electrons. The van der Waals surface area contributed by atoms with Crippen molar-refractivity contribution < 1.29 is 17.9 Å². The first-order valence-electron chi connectivity index (χ1n) is 8.04. The van der Waals surface area contributed by atoms with Crippen LogP contribution < -0.4 is 9.62 Å². The van der Waals surface area contributed by atoms with Gasteiger partial charge in [0.15, 0.2) is 0 Å². The fraction of sp³-hybridized carbons (Fsp3) is 0.278. The van der Waals surface area contributed by atoms with Gasteiger partial charge in [0.05, 0.1) is 11.4 Å². The van der Waals surface area contributed by atoms with E-state index in [9.17, 15) is 13.2 Å². The van der Waals surface area contributed by atoms with Crippen molar-refractivity contribution >= 4 is 27.5 Å². The number of sulfonamides is 1. The van der Waals surface area contributed by atoms with Crippen molar-refractivity contribution in [1.82, 2.24) is 0 Å². The van der Waals surface area contributed by atoms with E-state index in [0.717, 1.165) is 11.1 Å². The average Bonchev–Trinajstić information content (AvgIpc) is 2.95. The quantitative estimate of drug-likeness (QED) is 0.908. The van der Waals surface area contributed by atoms with Crippen molar-refractivity contribution in [3.05, 3.63) is 59.7 Å². The van der Waals surface area contributed by atoms with Gasteiger partial charge in [0.1, 0.15) is 6.61 Å². The van der Waals surface area contributed by atoms with E-state index >= 15 is 0 Å². The van der Waals surface area contributed by atoms with Gasteiger partial charge >= 0.3 is 6.09 Å². The minimum atomic E-state index is -3.26. The van der Waals surface area contributed by atoms with E-state index in [1.165, 1.54) is 4.31 Å². The second kappa shape index (κ2) is 7.14. The third-order valence-corrected chi connectivity index (χ3v) is 5.89. The first-order valence-corrected chi connectivity index (χ1v) is 9.65. The number of nitrogens with zero attached hydrogens (tertiary/aromatic N) is 1. The van der Waals surface area contributed by atoms with Gasteiger partial charge in [-0.2, -0.15) is 0 Å². The minimum Gasteiger partial charge on any atom is -0.444 e. The van der Waals surface area contributed by atoms with Gasteiger partial charge in [0.2, 0.25) is 10.0 Å². The molecular formula is C18H20N2O4S. The number of nitrogens with one attached hydrogen (secondary N) is 1. The summed E-state index contributed by atoms with van der Waals surface area (Å²) in [5.74, 6) is 0.156. The van der Waals surface area contributed by atoms with Crippen LogP contribution in [-0.2, 0) is 21.4 Å². The molecule has 1 heterocycles. The van der Waals surface area contributed by atoms with Crippen LogP contribution in [-0.4, -0.2) is 26.8 Å². The van der Waals surface area contributed by atoms with Crippen LogP contribution in [0.15, 0.2) is 48.5 Å². The molecule has 2 aromatic carbocycles. The van der Waals surface area contributed by atoms with Crippen LogP contribution in [0.3, 0.4) is 0 Å². The third kappa shape index (κ3) is 4.11. The predicted molar refractivity (Wildman–Crippen MR) is 97.2 cm³/mol. The molecule has 0 bridgehead atoms. The monoisotopic (exact) mass is 360 g/mol. The lowest BCUT2D eigenvalue weighted by Crippen LogP contribution is -2.26. The molecular weight excluding hydrogens is 340 g/mol. The molecule has 0 saturated carbocycles. The normalized spacial score (nSPS) is 15.8. The van der Waals surface area contributed by atoms with E-state index in [4.69, 9.17) is 4.74 Å². The molecule has 25 heavy (non-hydrogen) atoms. The molecule has 1 N–H and O–H groups in total. The molecule has 1 aliphatic heterocycles. The molecule has 132 valence electrons. The molecule has 0 aliphatic carbocycles. The van der Waals surface area contributed by atoms with Crippen LogP contribution in [0, 0.1) is 6.92 Å². The lowest BCUT2D eigenvalue weighted by molar-refractivity contribution is 0.155. The molecule has 1 amide bonds. The highest BCUT2D eigenvalue weighted by Crippen LogP contribution is 2.30. The Morgan fingerprint density at radius 1 is 1.20 bits per heavy atom. The Balaban J connectivity index is 1.69. The average molecular weight is 360 g/mol. The number of amides is 1. The van der Waals surface area contributed by atoms with Gasteiger partial charge in [-0.25, -0.2) is 13.2 Å². The largest absolute Gasteiger partial charge is 0.444 e. The van der Waals surface area contributed by atoms with Crippen LogP contribution in [0.5, 0.6) is 0 Å². The highest BCUT2D eigenvalue weighted by atomic mass is 32.2. The van der Waals surface area contributed by atoms with Gasteiger partial charge < -0.3 is 4.74 Å². The lowest BCUT2D eigenvalue weighted by Gasteiger charge is -2.20. The predicted octanol–water partition coefficient (Wildman–Crippen LogP) is 3.28. The summed E-state index contributed by atoms with van der Waals surface area (Å²) in [6, 6.07) is 14.6. The zero-order chi connectivity index (χ0) is 17.9. The molecule has 0 aromatic heterocycles. The Morgan fingerprint density at radius 2 is 1.96 bits per heavy atom. The van der Waals surface area contributed by atoms with E-state index in [1.807, 2.05) is 37.3 Å². The Kier molecular flexibility index (Phi) is 4.94. The summed E-state index contributed by atoms with van der Waals surface area (Å²) < 4.78 is 30.8. The van der Waals surface area contributed by atoms with Crippen LogP contribution in [0.2, 0.25) is 0 Å². The van der Waals surface area contributed by atoms with Crippen molar-refractivity contribution in [3.63, 3.8) is 0 Å². The number of aryl methyl sites for hydroxylation is 1. The third-order valence-electron chi connectivity index (χ3n) is 4.04. The Bertz CT molecular complexity index is 866. The molecule has 7 heteroatoms. The number of rotatable bonds is 4. The zero-order valence-electron chi connectivity index (χ0n) is 13.9. The summed E-state index contributed by atoms with van der Waals surface area (Å²) in [5, 5.41) is 2.65. The van der Waals surface area contributed by atoms with Crippen molar-refractivity contribution in [2.75, 3.05) is 21.9 Å². The maximum absolute atomic E-state index is 12.1.